The summed E-state index contributed by atoms with van der Waals surface area (Å²) in [4.78, 5) is 19.0. The van der Waals surface area contributed by atoms with Gasteiger partial charge in [0.1, 0.15) is 5.82 Å². The molecule has 1 amide bonds. The second-order valence-electron chi connectivity index (χ2n) is 5.86. The number of aromatic nitrogens is 3. The predicted octanol–water partition coefficient (Wildman–Crippen LogP) is 2.67. The molecule has 0 bridgehead atoms. The van der Waals surface area contributed by atoms with Gasteiger partial charge in [0.05, 0.1) is 0 Å². The largest absolute Gasteiger partial charge is 0.305 e. The smallest absolute Gasteiger partial charge is 0.297 e. The SMILES string of the molecule is O=C(c1n[nH]c(C2CC2)n1)N1CCCCc2ccccc21. The minimum atomic E-state index is -0.0903. The maximum atomic E-state index is 12.8. The van der Waals surface area contributed by atoms with Gasteiger partial charge in [-0.3, -0.25) is 9.89 Å². The van der Waals surface area contributed by atoms with Gasteiger partial charge >= 0.3 is 0 Å². The standard InChI is InChI=1S/C16H18N4O/c21-16(15-17-14(18-19-15)12-8-9-12)20-10-4-3-6-11-5-1-2-7-13(11)20/h1-2,5,7,12H,3-4,6,8-10H2,(H,17,18,19). The normalized spacial score (nSPS) is 18.2. The van der Waals surface area contributed by atoms with Crippen LogP contribution in [0.1, 0.15) is 53.6 Å². The van der Waals surface area contributed by atoms with Gasteiger partial charge in [0.15, 0.2) is 0 Å². The van der Waals surface area contributed by atoms with E-state index in [1.54, 1.807) is 0 Å². The van der Waals surface area contributed by atoms with Crippen LogP contribution in [0, 0.1) is 0 Å². The number of benzene rings is 1. The van der Waals surface area contributed by atoms with Crippen LogP contribution in [0.3, 0.4) is 0 Å². The van der Waals surface area contributed by atoms with Crippen LogP contribution in [0.2, 0.25) is 0 Å². The molecule has 2 aromatic rings. The number of carbonyl (C=O) groups is 1. The highest BCUT2D eigenvalue weighted by Gasteiger charge is 2.30. The molecule has 4 rings (SSSR count). The van der Waals surface area contributed by atoms with Gasteiger partial charge in [0.25, 0.3) is 5.91 Å². The summed E-state index contributed by atoms with van der Waals surface area (Å²) in [6, 6.07) is 8.14. The van der Waals surface area contributed by atoms with Gasteiger partial charge < -0.3 is 4.90 Å². The van der Waals surface area contributed by atoms with Crippen molar-refractivity contribution in [2.45, 2.75) is 38.0 Å². The number of nitrogens with one attached hydrogen (secondary N) is 1. The lowest BCUT2D eigenvalue weighted by Gasteiger charge is -2.21. The van der Waals surface area contributed by atoms with E-state index in [2.05, 4.69) is 21.2 Å². The average Bonchev–Trinajstić information content (AvgIpc) is 3.28. The quantitative estimate of drug-likeness (QED) is 0.921. The van der Waals surface area contributed by atoms with Crippen molar-refractivity contribution >= 4 is 11.6 Å². The summed E-state index contributed by atoms with van der Waals surface area (Å²) in [5.74, 6) is 1.55. The number of hydrogen-bond acceptors (Lipinski definition) is 3. The molecular weight excluding hydrogens is 264 g/mol. The molecule has 0 spiro atoms. The van der Waals surface area contributed by atoms with Gasteiger partial charge in [-0.25, -0.2) is 4.98 Å². The van der Waals surface area contributed by atoms with E-state index in [9.17, 15) is 4.79 Å². The van der Waals surface area contributed by atoms with Crippen LogP contribution >= 0.6 is 0 Å². The van der Waals surface area contributed by atoms with Crippen LogP contribution in [0.4, 0.5) is 5.69 Å². The van der Waals surface area contributed by atoms with E-state index >= 15 is 0 Å². The summed E-state index contributed by atoms with van der Waals surface area (Å²) < 4.78 is 0. The monoisotopic (exact) mass is 282 g/mol. The Balaban J connectivity index is 1.66. The number of H-pyrrole nitrogens is 1. The Morgan fingerprint density at radius 2 is 2.10 bits per heavy atom. The number of aryl methyl sites for hydroxylation is 1. The van der Waals surface area contributed by atoms with Crippen molar-refractivity contribution in [3.8, 4) is 0 Å². The Hall–Kier alpha value is -2.17. The number of aromatic amines is 1. The van der Waals surface area contributed by atoms with Crippen molar-refractivity contribution in [1.29, 1.82) is 0 Å². The van der Waals surface area contributed by atoms with Gasteiger partial charge in [0.2, 0.25) is 5.82 Å². The molecule has 2 heterocycles. The highest BCUT2D eigenvalue weighted by molar-refractivity contribution is 6.04. The number of carbonyl (C=O) groups excluding carboxylic acids is 1. The van der Waals surface area contributed by atoms with Gasteiger partial charge in [-0.2, -0.15) is 0 Å². The van der Waals surface area contributed by atoms with Crippen molar-refractivity contribution < 1.29 is 4.79 Å². The molecule has 1 aliphatic carbocycles. The number of anilines is 1. The average molecular weight is 282 g/mol. The fourth-order valence-electron chi connectivity index (χ4n) is 2.93. The first-order valence-electron chi connectivity index (χ1n) is 7.65. The third kappa shape index (κ3) is 2.33. The Morgan fingerprint density at radius 3 is 2.95 bits per heavy atom. The summed E-state index contributed by atoms with van der Waals surface area (Å²) in [6.07, 6.45) is 5.45. The highest BCUT2D eigenvalue weighted by Crippen LogP contribution is 2.38. The van der Waals surface area contributed by atoms with Crippen molar-refractivity contribution in [2.24, 2.45) is 0 Å². The zero-order valence-corrected chi connectivity index (χ0v) is 11.9. The summed E-state index contributed by atoms with van der Waals surface area (Å²) in [5.41, 5.74) is 2.25. The van der Waals surface area contributed by atoms with E-state index in [-0.39, 0.29) is 5.91 Å². The lowest BCUT2D eigenvalue weighted by Crippen LogP contribution is -2.32. The molecule has 1 aromatic heterocycles. The van der Waals surface area contributed by atoms with Gasteiger partial charge in [-0.1, -0.05) is 18.2 Å². The van der Waals surface area contributed by atoms with Crippen LogP contribution in [-0.4, -0.2) is 27.6 Å². The minimum absolute atomic E-state index is 0.0903. The number of amides is 1. The molecule has 21 heavy (non-hydrogen) atoms. The van der Waals surface area contributed by atoms with Gasteiger partial charge in [0, 0.05) is 18.2 Å². The second kappa shape index (κ2) is 4.98. The molecule has 0 atom stereocenters. The predicted molar refractivity (Wildman–Crippen MR) is 79.4 cm³/mol. The molecule has 108 valence electrons. The summed E-state index contributed by atoms with van der Waals surface area (Å²) >= 11 is 0. The molecule has 2 aliphatic rings. The lowest BCUT2D eigenvalue weighted by atomic mass is 10.1. The molecule has 0 unspecified atom stereocenters. The molecule has 1 N–H and O–H groups in total. The summed E-state index contributed by atoms with van der Waals surface area (Å²) in [6.45, 7) is 0.739. The van der Waals surface area contributed by atoms with E-state index in [0.717, 1.165) is 50.2 Å². The van der Waals surface area contributed by atoms with E-state index in [4.69, 9.17) is 0 Å². The number of hydrogen-bond donors (Lipinski definition) is 1. The van der Waals surface area contributed by atoms with Crippen molar-refractivity contribution in [3.63, 3.8) is 0 Å². The molecule has 1 aromatic carbocycles. The third-order valence-electron chi connectivity index (χ3n) is 4.26. The van der Waals surface area contributed by atoms with E-state index in [1.807, 2.05) is 23.1 Å². The van der Waals surface area contributed by atoms with E-state index in [0.29, 0.717) is 11.7 Å². The Morgan fingerprint density at radius 1 is 1.24 bits per heavy atom. The van der Waals surface area contributed by atoms with Crippen molar-refractivity contribution in [3.05, 3.63) is 41.5 Å². The zero-order chi connectivity index (χ0) is 14.2. The Labute approximate surface area is 123 Å². The van der Waals surface area contributed by atoms with Crippen LogP contribution in [0.25, 0.3) is 0 Å². The molecule has 5 heteroatoms. The van der Waals surface area contributed by atoms with Crippen LogP contribution in [0.5, 0.6) is 0 Å². The molecule has 5 nitrogen and oxygen atoms in total. The van der Waals surface area contributed by atoms with Crippen LogP contribution in [0.15, 0.2) is 24.3 Å². The van der Waals surface area contributed by atoms with Gasteiger partial charge in [-0.05, 0) is 43.7 Å². The number of rotatable bonds is 2. The first kappa shape index (κ1) is 12.6. The topological polar surface area (TPSA) is 61.9 Å². The number of fused-ring (bicyclic) bond motifs is 1. The zero-order valence-electron chi connectivity index (χ0n) is 11.9. The van der Waals surface area contributed by atoms with Crippen LogP contribution < -0.4 is 4.90 Å². The minimum Gasteiger partial charge on any atom is -0.305 e. The Kier molecular flexibility index (Phi) is 2.98. The molecule has 0 radical (unpaired) electrons. The number of para-hydroxylation sites is 1. The van der Waals surface area contributed by atoms with E-state index in [1.165, 1.54) is 5.56 Å². The van der Waals surface area contributed by atoms with Gasteiger partial charge in [-0.15, -0.1) is 5.10 Å². The number of nitrogens with zero attached hydrogens (tertiary/aromatic N) is 3. The van der Waals surface area contributed by atoms with Crippen molar-refractivity contribution in [1.82, 2.24) is 15.2 Å². The molecule has 1 aliphatic heterocycles. The van der Waals surface area contributed by atoms with Crippen LogP contribution in [-0.2, 0) is 6.42 Å². The summed E-state index contributed by atoms with van der Waals surface area (Å²) in [7, 11) is 0. The maximum Gasteiger partial charge on any atom is 0.297 e. The highest BCUT2D eigenvalue weighted by atomic mass is 16.2. The molecule has 0 saturated heterocycles. The Bertz CT molecular complexity index is 674. The maximum absolute atomic E-state index is 12.8. The fourth-order valence-corrected chi connectivity index (χ4v) is 2.93. The molecular formula is C16H18N4O. The lowest BCUT2D eigenvalue weighted by molar-refractivity contribution is 0.0977. The molecule has 1 fully saturated rings. The second-order valence-corrected chi connectivity index (χ2v) is 5.86. The fraction of sp³-hybridized carbons (Fsp3) is 0.438. The van der Waals surface area contributed by atoms with E-state index < -0.39 is 0 Å². The first-order valence-corrected chi connectivity index (χ1v) is 7.65. The molecule has 1 saturated carbocycles. The first-order chi connectivity index (χ1) is 10.3. The van der Waals surface area contributed by atoms with Crippen molar-refractivity contribution in [2.75, 3.05) is 11.4 Å². The third-order valence-corrected chi connectivity index (χ3v) is 4.26. The summed E-state index contributed by atoms with van der Waals surface area (Å²) in [5, 5.41) is 7.05.